The van der Waals surface area contributed by atoms with Crippen molar-refractivity contribution in [3.05, 3.63) is 52.7 Å². The lowest BCUT2D eigenvalue weighted by Gasteiger charge is -2.32. The zero-order valence-corrected chi connectivity index (χ0v) is 14.0. The van der Waals surface area contributed by atoms with Gasteiger partial charge in [-0.25, -0.2) is 9.37 Å². The van der Waals surface area contributed by atoms with E-state index >= 15 is 0 Å². The van der Waals surface area contributed by atoms with E-state index in [1.165, 1.54) is 12.1 Å². The van der Waals surface area contributed by atoms with Gasteiger partial charge in [0.15, 0.2) is 0 Å². The van der Waals surface area contributed by atoms with Crippen molar-refractivity contribution in [2.24, 2.45) is 0 Å². The first kappa shape index (κ1) is 16.6. The number of carbonyl (C=O) groups excluding carboxylic acids is 1. The van der Waals surface area contributed by atoms with Gasteiger partial charge in [0.05, 0.1) is 10.6 Å². The summed E-state index contributed by atoms with van der Waals surface area (Å²) in [5, 5.41) is 0.134. The minimum Gasteiger partial charge on any atom is -0.474 e. The quantitative estimate of drug-likeness (QED) is 0.853. The van der Waals surface area contributed by atoms with Crippen LogP contribution in [0.5, 0.6) is 5.88 Å². The molecule has 0 unspecified atom stereocenters. The van der Waals surface area contributed by atoms with Crippen LogP contribution in [0.3, 0.4) is 0 Å². The summed E-state index contributed by atoms with van der Waals surface area (Å²) in [7, 11) is 0. The number of ether oxygens (including phenoxy) is 1. The topological polar surface area (TPSA) is 55.3 Å². The average Bonchev–Trinajstić information content (AvgIpc) is 2.55. The summed E-state index contributed by atoms with van der Waals surface area (Å²) >= 11 is 5.97. The number of halogens is 2. The van der Waals surface area contributed by atoms with Gasteiger partial charge >= 0.3 is 0 Å². The van der Waals surface area contributed by atoms with Gasteiger partial charge in [0.2, 0.25) is 5.88 Å². The normalized spacial score (nSPS) is 15.4. The molecule has 0 saturated carbocycles. The Balaban J connectivity index is 1.59. The van der Waals surface area contributed by atoms with Gasteiger partial charge < -0.3 is 9.64 Å². The number of amides is 1. The highest BCUT2D eigenvalue weighted by atomic mass is 35.5. The Bertz CT molecular complexity index is 748. The lowest BCUT2D eigenvalue weighted by Crippen LogP contribution is -2.42. The summed E-state index contributed by atoms with van der Waals surface area (Å²) in [6.45, 7) is 2.92. The molecule has 0 atom stereocenters. The SMILES string of the molecule is Cc1nccc(OC2CCN(C(=O)c3ccc(F)cc3Cl)CC2)n1. The zero-order valence-electron chi connectivity index (χ0n) is 13.2. The maximum absolute atomic E-state index is 13.1. The number of aryl methyl sites for hydroxylation is 1. The molecule has 1 aromatic carbocycles. The Labute approximate surface area is 144 Å². The largest absolute Gasteiger partial charge is 0.474 e. The van der Waals surface area contributed by atoms with Crippen LogP contribution in [0.2, 0.25) is 5.02 Å². The first-order valence-corrected chi connectivity index (χ1v) is 8.11. The summed E-state index contributed by atoms with van der Waals surface area (Å²) < 4.78 is 18.9. The number of rotatable bonds is 3. The molecule has 24 heavy (non-hydrogen) atoms. The van der Waals surface area contributed by atoms with Gasteiger partial charge in [-0.3, -0.25) is 4.79 Å². The second kappa shape index (κ2) is 7.13. The molecule has 1 fully saturated rings. The number of hydrogen-bond acceptors (Lipinski definition) is 4. The van der Waals surface area contributed by atoms with E-state index in [4.69, 9.17) is 16.3 Å². The Morgan fingerprint density at radius 1 is 1.33 bits per heavy atom. The molecular formula is C17H17ClFN3O2. The maximum atomic E-state index is 13.1. The van der Waals surface area contributed by atoms with Crippen LogP contribution in [0.15, 0.2) is 30.5 Å². The van der Waals surface area contributed by atoms with Crippen LogP contribution in [0.4, 0.5) is 4.39 Å². The molecule has 126 valence electrons. The number of nitrogens with zero attached hydrogens (tertiary/aromatic N) is 3. The number of hydrogen-bond donors (Lipinski definition) is 0. The van der Waals surface area contributed by atoms with Crippen molar-refractivity contribution in [2.45, 2.75) is 25.9 Å². The fourth-order valence-electron chi connectivity index (χ4n) is 2.68. The third-order valence-electron chi connectivity index (χ3n) is 3.93. The number of likely N-dealkylation sites (tertiary alicyclic amines) is 1. The smallest absolute Gasteiger partial charge is 0.255 e. The second-order valence-electron chi connectivity index (χ2n) is 5.68. The number of piperidine rings is 1. The molecule has 0 aliphatic carbocycles. The fourth-order valence-corrected chi connectivity index (χ4v) is 2.93. The van der Waals surface area contributed by atoms with E-state index in [-0.39, 0.29) is 17.0 Å². The van der Waals surface area contributed by atoms with E-state index in [2.05, 4.69) is 9.97 Å². The zero-order chi connectivity index (χ0) is 17.1. The van der Waals surface area contributed by atoms with E-state index < -0.39 is 5.82 Å². The highest BCUT2D eigenvalue weighted by Gasteiger charge is 2.26. The first-order valence-electron chi connectivity index (χ1n) is 7.73. The maximum Gasteiger partial charge on any atom is 0.255 e. The Hall–Kier alpha value is -2.21. The summed E-state index contributed by atoms with van der Waals surface area (Å²) in [5.41, 5.74) is 0.323. The monoisotopic (exact) mass is 349 g/mol. The lowest BCUT2D eigenvalue weighted by atomic mass is 10.1. The standard InChI is InChI=1S/C17H17ClFN3O2/c1-11-20-7-4-16(21-11)24-13-5-8-22(9-6-13)17(23)14-3-2-12(19)10-15(14)18/h2-4,7,10,13H,5-6,8-9H2,1H3. The summed E-state index contributed by atoms with van der Waals surface area (Å²) in [6, 6.07) is 5.55. The minimum atomic E-state index is -0.455. The van der Waals surface area contributed by atoms with Crippen LogP contribution >= 0.6 is 11.6 Å². The van der Waals surface area contributed by atoms with Gasteiger partial charge in [0.1, 0.15) is 17.7 Å². The van der Waals surface area contributed by atoms with Gasteiger partial charge in [0.25, 0.3) is 5.91 Å². The Morgan fingerprint density at radius 2 is 2.08 bits per heavy atom. The molecule has 5 nitrogen and oxygen atoms in total. The lowest BCUT2D eigenvalue weighted by molar-refractivity contribution is 0.0587. The summed E-state index contributed by atoms with van der Waals surface area (Å²) in [5.74, 6) is 0.569. The summed E-state index contributed by atoms with van der Waals surface area (Å²) in [6.07, 6.45) is 3.07. The highest BCUT2D eigenvalue weighted by Crippen LogP contribution is 2.22. The Morgan fingerprint density at radius 3 is 2.75 bits per heavy atom. The van der Waals surface area contributed by atoms with E-state index in [1.807, 2.05) is 0 Å². The first-order chi connectivity index (χ1) is 11.5. The van der Waals surface area contributed by atoms with E-state index in [9.17, 15) is 9.18 Å². The van der Waals surface area contributed by atoms with Gasteiger partial charge in [-0.2, -0.15) is 4.98 Å². The molecule has 1 saturated heterocycles. The molecular weight excluding hydrogens is 333 g/mol. The fraction of sp³-hybridized carbons (Fsp3) is 0.353. The molecule has 0 spiro atoms. The van der Waals surface area contributed by atoms with Crippen LogP contribution in [0.1, 0.15) is 29.0 Å². The van der Waals surface area contributed by atoms with Crippen LogP contribution in [-0.2, 0) is 0 Å². The van der Waals surface area contributed by atoms with Crippen LogP contribution in [0.25, 0.3) is 0 Å². The molecule has 0 N–H and O–H groups in total. The Kier molecular flexibility index (Phi) is 4.94. The molecule has 0 radical (unpaired) electrons. The highest BCUT2D eigenvalue weighted by molar-refractivity contribution is 6.33. The predicted molar refractivity (Wildman–Crippen MR) is 87.7 cm³/mol. The summed E-state index contributed by atoms with van der Waals surface area (Å²) in [4.78, 5) is 22.5. The van der Waals surface area contributed by atoms with Crippen molar-refractivity contribution in [3.8, 4) is 5.88 Å². The third kappa shape index (κ3) is 3.82. The van der Waals surface area contributed by atoms with Crippen molar-refractivity contribution in [3.63, 3.8) is 0 Å². The molecule has 3 rings (SSSR count). The van der Waals surface area contributed by atoms with Crippen molar-refractivity contribution in [1.82, 2.24) is 14.9 Å². The van der Waals surface area contributed by atoms with Gasteiger partial charge in [0, 0.05) is 38.2 Å². The van der Waals surface area contributed by atoms with Gasteiger partial charge in [-0.15, -0.1) is 0 Å². The van der Waals surface area contributed by atoms with Crippen LogP contribution < -0.4 is 4.74 Å². The van der Waals surface area contributed by atoms with E-state index in [0.29, 0.717) is 43.2 Å². The molecule has 1 amide bonds. The van der Waals surface area contributed by atoms with Gasteiger partial charge in [-0.1, -0.05) is 11.6 Å². The second-order valence-corrected chi connectivity index (χ2v) is 6.08. The number of benzene rings is 1. The minimum absolute atomic E-state index is 0.00652. The molecule has 7 heteroatoms. The van der Waals surface area contributed by atoms with E-state index in [0.717, 1.165) is 6.07 Å². The van der Waals surface area contributed by atoms with Crippen molar-refractivity contribution in [1.29, 1.82) is 0 Å². The van der Waals surface area contributed by atoms with E-state index in [1.54, 1.807) is 24.1 Å². The van der Waals surface area contributed by atoms with Crippen molar-refractivity contribution in [2.75, 3.05) is 13.1 Å². The van der Waals surface area contributed by atoms with Crippen LogP contribution in [0, 0.1) is 12.7 Å². The molecule has 2 aromatic rings. The molecule has 1 aliphatic heterocycles. The number of aromatic nitrogens is 2. The van der Waals surface area contributed by atoms with Gasteiger partial charge in [-0.05, 0) is 25.1 Å². The average molecular weight is 350 g/mol. The molecule has 0 bridgehead atoms. The predicted octanol–water partition coefficient (Wildman–Crippen LogP) is 3.26. The van der Waals surface area contributed by atoms with Crippen molar-refractivity contribution >= 4 is 17.5 Å². The van der Waals surface area contributed by atoms with Crippen LogP contribution in [-0.4, -0.2) is 40.0 Å². The molecule has 1 aromatic heterocycles. The molecule has 1 aliphatic rings. The third-order valence-corrected chi connectivity index (χ3v) is 4.24. The number of carbonyl (C=O) groups is 1. The molecule has 2 heterocycles. The van der Waals surface area contributed by atoms with Crippen molar-refractivity contribution < 1.29 is 13.9 Å².